The van der Waals surface area contributed by atoms with E-state index in [0.29, 0.717) is 5.56 Å². The van der Waals surface area contributed by atoms with Gasteiger partial charge in [-0.1, -0.05) is 0 Å². The first-order valence-corrected chi connectivity index (χ1v) is 4.20. The first kappa shape index (κ1) is 11.3. The van der Waals surface area contributed by atoms with E-state index in [-0.39, 0.29) is 5.69 Å². The summed E-state index contributed by atoms with van der Waals surface area (Å²) in [6.07, 6.45) is 1.49. The summed E-state index contributed by atoms with van der Waals surface area (Å²) in [5, 5.41) is 8.68. The zero-order chi connectivity index (χ0) is 11.6. The van der Waals surface area contributed by atoms with E-state index < -0.39 is 18.0 Å². The molecule has 15 heavy (non-hydrogen) atoms. The molecule has 0 radical (unpaired) electrons. The Kier molecular flexibility index (Phi) is 3.11. The normalized spacial score (nSPS) is 12.2. The quantitative estimate of drug-likeness (QED) is 0.682. The Morgan fingerprint density at radius 3 is 2.67 bits per heavy atom. The molecule has 0 saturated heterocycles. The molecule has 6 heteroatoms. The smallest absolute Gasteiger partial charge is 0.354 e. The lowest BCUT2D eigenvalue weighted by molar-refractivity contribution is -0.138. The lowest BCUT2D eigenvalue weighted by Crippen LogP contribution is -2.19. The highest BCUT2D eigenvalue weighted by molar-refractivity contribution is 5.88. The van der Waals surface area contributed by atoms with Crippen LogP contribution in [0.15, 0.2) is 12.3 Å². The van der Waals surface area contributed by atoms with Gasteiger partial charge in [0.2, 0.25) is 0 Å². The monoisotopic (exact) mass is 212 g/mol. The summed E-state index contributed by atoms with van der Waals surface area (Å²) in [6, 6.07) is 0.277. The van der Waals surface area contributed by atoms with Crippen LogP contribution in [-0.4, -0.2) is 28.7 Å². The number of methoxy groups -OCH3 is 1. The average Bonchev–Trinajstić information content (AvgIpc) is 2.57. The molecule has 1 unspecified atom stereocenters. The summed E-state index contributed by atoms with van der Waals surface area (Å²) >= 11 is 0. The lowest BCUT2D eigenvalue weighted by Gasteiger charge is -2.01. The fourth-order valence-electron chi connectivity index (χ4n) is 1.21. The number of carbonyl (C=O) groups is 2. The van der Waals surface area contributed by atoms with Gasteiger partial charge >= 0.3 is 11.9 Å². The molecule has 1 heterocycles. The summed E-state index contributed by atoms with van der Waals surface area (Å²) in [4.78, 5) is 21.8. The van der Waals surface area contributed by atoms with Gasteiger partial charge in [0.05, 0.1) is 7.11 Å². The molecule has 0 aromatic carbocycles. The number of nitrogens with two attached hydrogens (primary N) is 1. The van der Waals surface area contributed by atoms with Gasteiger partial charge in [-0.25, -0.2) is 4.79 Å². The number of aliphatic carboxylic acids is 1. The van der Waals surface area contributed by atoms with Crippen LogP contribution >= 0.6 is 0 Å². The summed E-state index contributed by atoms with van der Waals surface area (Å²) in [7, 11) is 2.87. The standard InChI is InChI=1S/C9H12N2O4/c1-11-4-5(7(10)8(12)13)3-6(11)9(14)15-2/h3-4,7H,10H2,1-2H3,(H,12,13). The lowest BCUT2D eigenvalue weighted by atomic mass is 10.1. The van der Waals surface area contributed by atoms with E-state index in [1.165, 1.54) is 23.9 Å². The van der Waals surface area contributed by atoms with Gasteiger partial charge < -0.3 is 20.1 Å². The molecule has 0 amide bonds. The molecule has 1 aromatic heterocycles. The van der Waals surface area contributed by atoms with E-state index in [4.69, 9.17) is 10.8 Å². The summed E-state index contributed by atoms with van der Waals surface area (Å²) in [5.74, 6) is -1.67. The van der Waals surface area contributed by atoms with E-state index in [0.717, 1.165) is 0 Å². The molecule has 0 aliphatic carbocycles. The maximum Gasteiger partial charge on any atom is 0.354 e. The van der Waals surface area contributed by atoms with Crippen molar-refractivity contribution in [2.45, 2.75) is 6.04 Å². The van der Waals surface area contributed by atoms with Crippen LogP contribution in [0.1, 0.15) is 22.1 Å². The fourth-order valence-corrected chi connectivity index (χ4v) is 1.21. The highest BCUT2D eigenvalue weighted by Crippen LogP contribution is 2.15. The van der Waals surface area contributed by atoms with Gasteiger partial charge in [0.1, 0.15) is 11.7 Å². The Morgan fingerprint density at radius 1 is 1.60 bits per heavy atom. The zero-order valence-corrected chi connectivity index (χ0v) is 8.43. The Bertz CT molecular complexity index is 397. The predicted octanol–water partition coefficient (Wildman–Crippen LogP) is -0.104. The molecule has 3 N–H and O–H groups in total. The summed E-state index contributed by atoms with van der Waals surface area (Å²) in [5.41, 5.74) is 6.03. The Labute approximate surface area is 86.2 Å². The molecule has 6 nitrogen and oxygen atoms in total. The second-order valence-corrected chi connectivity index (χ2v) is 3.08. The first-order valence-electron chi connectivity index (χ1n) is 4.20. The predicted molar refractivity (Wildman–Crippen MR) is 51.3 cm³/mol. The molecule has 0 fully saturated rings. The Balaban J connectivity index is 3.05. The molecule has 1 rings (SSSR count). The molecule has 0 bridgehead atoms. The van der Waals surface area contributed by atoms with E-state index in [2.05, 4.69) is 4.74 Å². The van der Waals surface area contributed by atoms with Crippen molar-refractivity contribution in [1.29, 1.82) is 0 Å². The first-order chi connectivity index (χ1) is 6.97. The number of carboxylic acid groups (broad SMARTS) is 1. The van der Waals surface area contributed by atoms with Crippen LogP contribution in [0.5, 0.6) is 0 Å². The topological polar surface area (TPSA) is 94.6 Å². The minimum atomic E-state index is -1.14. The maximum absolute atomic E-state index is 11.2. The number of carbonyl (C=O) groups excluding carboxylic acids is 1. The highest BCUT2D eigenvalue weighted by Gasteiger charge is 2.19. The molecule has 1 atom stereocenters. The number of esters is 1. The average molecular weight is 212 g/mol. The Hall–Kier alpha value is -1.82. The molecule has 0 aliphatic heterocycles. The second-order valence-electron chi connectivity index (χ2n) is 3.08. The molecular formula is C9H12N2O4. The van der Waals surface area contributed by atoms with Crippen molar-refractivity contribution in [2.75, 3.05) is 7.11 Å². The molecule has 0 aliphatic rings. The SMILES string of the molecule is COC(=O)c1cc(C(N)C(=O)O)cn1C. The number of aryl methyl sites for hydroxylation is 1. The summed E-state index contributed by atoms with van der Waals surface area (Å²) < 4.78 is 6.00. The van der Waals surface area contributed by atoms with Crippen molar-refractivity contribution in [1.82, 2.24) is 4.57 Å². The van der Waals surface area contributed by atoms with Crippen LogP contribution in [0.3, 0.4) is 0 Å². The van der Waals surface area contributed by atoms with Crippen LogP contribution in [0.2, 0.25) is 0 Å². The van der Waals surface area contributed by atoms with Gasteiger partial charge in [-0.2, -0.15) is 0 Å². The minimum absolute atomic E-state index is 0.268. The number of nitrogens with zero attached hydrogens (tertiary/aromatic N) is 1. The number of aromatic nitrogens is 1. The van der Waals surface area contributed by atoms with Crippen molar-refractivity contribution >= 4 is 11.9 Å². The van der Waals surface area contributed by atoms with Crippen molar-refractivity contribution in [3.63, 3.8) is 0 Å². The van der Waals surface area contributed by atoms with Gasteiger partial charge in [0.15, 0.2) is 0 Å². The molecule has 1 aromatic rings. The zero-order valence-electron chi connectivity index (χ0n) is 8.43. The van der Waals surface area contributed by atoms with Crippen molar-refractivity contribution in [2.24, 2.45) is 12.8 Å². The van der Waals surface area contributed by atoms with Gasteiger partial charge in [-0.3, -0.25) is 4.79 Å². The fraction of sp³-hybridized carbons (Fsp3) is 0.333. The molecule has 82 valence electrons. The third-order valence-electron chi connectivity index (χ3n) is 2.05. The number of rotatable bonds is 3. The molecule has 0 saturated carbocycles. The van der Waals surface area contributed by atoms with E-state index >= 15 is 0 Å². The van der Waals surface area contributed by atoms with Gasteiger partial charge in [-0.05, 0) is 11.6 Å². The largest absolute Gasteiger partial charge is 0.480 e. The third-order valence-corrected chi connectivity index (χ3v) is 2.05. The van der Waals surface area contributed by atoms with Gasteiger partial charge in [0, 0.05) is 13.2 Å². The summed E-state index contributed by atoms with van der Waals surface area (Å²) in [6.45, 7) is 0. The van der Waals surface area contributed by atoms with Crippen molar-refractivity contribution in [3.05, 3.63) is 23.5 Å². The minimum Gasteiger partial charge on any atom is -0.480 e. The van der Waals surface area contributed by atoms with E-state index in [9.17, 15) is 9.59 Å². The molecule has 0 spiro atoms. The number of ether oxygens (including phenoxy) is 1. The van der Waals surface area contributed by atoms with Crippen LogP contribution in [-0.2, 0) is 16.6 Å². The van der Waals surface area contributed by atoms with Gasteiger partial charge in [-0.15, -0.1) is 0 Å². The second kappa shape index (κ2) is 4.14. The third kappa shape index (κ3) is 2.16. The van der Waals surface area contributed by atoms with Crippen LogP contribution in [0, 0.1) is 0 Å². The molecular weight excluding hydrogens is 200 g/mol. The maximum atomic E-state index is 11.2. The van der Waals surface area contributed by atoms with Crippen LogP contribution < -0.4 is 5.73 Å². The number of carboxylic acids is 1. The number of hydrogen-bond donors (Lipinski definition) is 2. The van der Waals surface area contributed by atoms with E-state index in [1.807, 2.05) is 0 Å². The Morgan fingerprint density at radius 2 is 2.20 bits per heavy atom. The van der Waals surface area contributed by atoms with Crippen LogP contribution in [0.4, 0.5) is 0 Å². The van der Waals surface area contributed by atoms with Crippen LogP contribution in [0.25, 0.3) is 0 Å². The van der Waals surface area contributed by atoms with Crippen molar-refractivity contribution in [3.8, 4) is 0 Å². The van der Waals surface area contributed by atoms with E-state index in [1.54, 1.807) is 7.05 Å². The number of hydrogen-bond acceptors (Lipinski definition) is 4. The van der Waals surface area contributed by atoms with Crippen molar-refractivity contribution < 1.29 is 19.4 Å². The highest BCUT2D eigenvalue weighted by atomic mass is 16.5. The van der Waals surface area contributed by atoms with Gasteiger partial charge in [0.25, 0.3) is 0 Å².